The second-order valence-corrected chi connectivity index (χ2v) is 5.55. The molecule has 5 heteroatoms. The number of thioether (sulfide) groups is 1. The molecule has 0 heterocycles. The van der Waals surface area contributed by atoms with Crippen molar-refractivity contribution in [1.29, 1.82) is 0 Å². The Hall–Kier alpha value is -1.33. The van der Waals surface area contributed by atoms with Crippen molar-refractivity contribution in [2.24, 2.45) is 0 Å². The molecule has 116 valence electrons. The van der Waals surface area contributed by atoms with Crippen LogP contribution in [0.2, 0.25) is 0 Å². The van der Waals surface area contributed by atoms with E-state index in [2.05, 4.69) is 18.7 Å². The summed E-state index contributed by atoms with van der Waals surface area (Å²) < 4.78 is 5.20. The van der Waals surface area contributed by atoms with E-state index in [4.69, 9.17) is 4.74 Å². The van der Waals surface area contributed by atoms with Crippen LogP contribution < -0.4 is 4.74 Å². The lowest BCUT2D eigenvalue weighted by Gasteiger charge is -2.17. The molecule has 0 bridgehead atoms. The first-order chi connectivity index (χ1) is 10.1. The zero-order chi connectivity index (χ0) is 15.7. The molecular weight excluding hydrogens is 286 g/mol. The third kappa shape index (κ3) is 5.89. The van der Waals surface area contributed by atoms with E-state index in [9.17, 15) is 9.59 Å². The maximum atomic E-state index is 12.2. The molecule has 4 nitrogen and oxygen atoms in total. The van der Waals surface area contributed by atoms with Gasteiger partial charge in [0, 0.05) is 18.7 Å². The number of nitrogens with zero attached hydrogens (tertiary/aromatic N) is 1. The van der Waals surface area contributed by atoms with Crippen LogP contribution in [-0.4, -0.2) is 41.4 Å². The molecular formula is C16H23NO3S. The molecule has 1 aromatic carbocycles. The summed E-state index contributed by atoms with van der Waals surface area (Å²) in [7, 11) is 0. The van der Waals surface area contributed by atoms with Gasteiger partial charge in [-0.2, -0.15) is 0 Å². The molecule has 0 atom stereocenters. The first-order valence-corrected chi connectivity index (χ1v) is 8.30. The van der Waals surface area contributed by atoms with Gasteiger partial charge in [0.2, 0.25) is 5.12 Å². The van der Waals surface area contributed by atoms with Crippen LogP contribution in [-0.2, 0) is 4.79 Å². The van der Waals surface area contributed by atoms with Crippen molar-refractivity contribution in [2.75, 3.05) is 25.4 Å². The molecule has 0 unspecified atom stereocenters. The van der Waals surface area contributed by atoms with Crippen molar-refractivity contribution in [3.05, 3.63) is 29.8 Å². The highest BCUT2D eigenvalue weighted by Crippen LogP contribution is 2.23. The normalized spacial score (nSPS) is 10.7. The first-order valence-electron chi connectivity index (χ1n) is 7.31. The number of esters is 1. The van der Waals surface area contributed by atoms with E-state index in [1.165, 1.54) is 11.8 Å². The van der Waals surface area contributed by atoms with E-state index in [0.29, 0.717) is 11.3 Å². The smallest absolute Gasteiger partial charge is 0.310 e. The van der Waals surface area contributed by atoms with Gasteiger partial charge in [-0.05, 0) is 25.2 Å². The topological polar surface area (TPSA) is 46.6 Å². The summed E-state index contributed by atoms with van der Waals surface area (Å²) in [6, 6.07) is 6.90. The second kappa shape index (κ2) is 9.58. The molecule has 21 heavy (non-hydrogen) atoms. The van der Waals surface area contributed by atoms with E-state index in [1.54, 1.807) is 31.2 Å². The van der Waals surface area contributed by atoms with Crippen molar-refractivity contribution >= 4 is 22.8 Å². The predicted octanol–water partition coefficient (Wildman–Crippen LogP) is 3.22. The average molecular weight is 309 g/mol. The van der Waals surface area contributed by atoms with Crippen LogP contribution in [0.5, 0.6) is 5.75 Å². The summed E-state index contributed by atoms with van der Waals surface area (Å²) in [6.45, 7) is 8.78. The highest BCUT2D eigenvalue weighted by atomic mass is 32.2. The van der Waals surface area contributed by atoms with E-state index < -0.39 is 0 Å². The SMILES string of the molecule is CCC(=O)Oc1ccccc1C(=O)SCCN(CC)CC. The van der Waals surface area contributed by atoms with Crippen molar-refractivity contribution in [3.8, 4) is 5.75 Å². The fourth-order valence-corrected chi connectivity index (χ4v) is 2.66. The number of ether oxygens (including phenoxy) is 1. The Morgan fingerprint density at radius 2 is 1.81 bits per heavy atom. The highest BCUT2D eigenvalue weighted by molar-refractivity contribution is 8.14. The van der Waals surface area contributed by atoms with Gasteiger partial charge in [-0.1, -0.05) is 44.7 Å². The fourth-order valence-electron chi connectivity index (χ4n) is 1.80. The Balaban J connectivity index is 2.63. The molecule has 0 amide bonds. The number of rotatable bonds is 8. The molecule has 0 aliphatic heterocycles. The maximum absolute atomic E-state index is 12.2. The zero-order valence-corrected chi connectivity index (χ0v) is 13.7. The van der Waals surface area contributed by atoms with Gasteiger partial charge in [0.05, 0.1) is 5.56 Å². The standard InChI is InChI=1S/C16H23NO3S/c1-4-15(18)20-14-10-8-7-9-13(14)16(19)21-12-11-17(5-2)6-3/h7-10H,4-6,11-12H2,1-3H3. The van der Waals surface area contributed by atoms with Crippen LogP contribution >= 0.6 is 11.8 Å². The van der Waals surface area contributed by atoms with Crippen LogP contribution in [0.4, 0.5) is 0 Å². The lowest BCUT2D eigenvalue weighted by atomic mass is 10.2. The van der Waals surface area contributed by atoms with Gasteiger partial charge < -0.3 is 9.64 Å². The summed E-state index contributed by atoms with van der Waals surface area (Å²) in [5.74, 6) is 0.754. The largest absolute Gasteiger partial charge is 0.426 e. The minimum atomic E-state index is -0.330. The zero-order valence-electron chi connectivity index (χ0n) is 12.9. The van der Waals surface area contributed by atoms with Crippen LogP contribution in [0.1, 0.15) is 37.6 Å². The number of benzene rings is 1. The summed E-state index contributed by atoms with van der Waals surface area (Å²) in [4.78, 5) is 25.9. The van der Waals surface area contributed by atoms with Crippen molar-refractivity contribution < 1.29 is 14.3 Å². The monoisotopic (exact) mass is 309 g/mol. The van der Waals surface area contributed by atoms with Crippen molar-refractivity contribution in [2.45, 2.75) is 27.2 Å². The summed E-state index contributed by atoms with van der Waals surface area (Å²) in [5, 5.41) is -0.0540. The third-order valence-corrected chi connectivity index (χ3v) is 4.02. The van der Waals surface area contributed by atoms with Crippen molar-refractivity contribution in [3.63, 3.8) is 0 Å². The summed E-state index contributed by atoms with van der Waals surface area (Å²) in [6.07, 6.45) is 0.289. The van der Waals surface area contributed by atoms with E-state index in [0.717, 1.165) is 25.4 Å². The fraction of sp³-hybridized carbons (Fsp3) is 0.500. The molecule has 0 N–H and O–H groups in total. The Morgan fingerprint density at radius 1 is 1.14 bits per heavy atom. The molecule has 0 fully saturated rings. The Labute approximate surface area is 130 Å². The van der Waals surface area contributed by atoms with Gasteiger partial charge >= 0.3 is 5.97 Å². The minimum absolute atomic E-state index is 0.0540. The molecule has 0 spiro atoms. The van der Waals surface area contributed by atoms with Crippen LogP contribution in [0.15, 0.2) is 24.3 Å². The predicted molar refractivity (Wildman–Crippen MR) is 86.9 cm³/mol. The van der Waals surface area contributed by atoms with Gasteiger partial charge in [-0.15, -0.1) is 0 Å². The van der Waals surface area contributed by atoms with E-state index in [-0.39, 0.29) is 17.5 Å². The lowest BCUT2D eigenvalue weighted by Crippen LogP contribution is -2.25. The average Bonchev–Trinajstić information content (AvgIpc) is 2.51. The van der Waals surface area contributed by atoms with E-state index in [1.807, 2.05) is 0 Å². The molecule has 0 aromatic heterocycles. The summed E-state index contributed by atoms with van der Waals surface area (Å²) in [5.41, 5.74) is 0.462. The van der Waals surface area contributed by atoms with Gasteiger partial charge in [0.1, 0.15) is 5.75 Å². The van der Waals surface area contributed by atoms with E-state index >= 15 is 0 Å². The lowest BCUT2D eigenvalue weighted by molar-refractivity contribution is -0.134. The molecule has 0 saturated carbocycles. The number of hydrogen-bond acceptors (Lipinski definition) is 5. The third-order valence-electron chi connectivity index (χ3n) is 3.15. The number of carbonyl (C=O) groups is 2. The molecule has 1 aromatic rings. The minimum Gasteiger partial charge on any atom is -0.426 e. The van der Waals surface area contributed by atoms with Gasteiger partial charge in [0.25, 0.3) is 0 Å². The second-order valence-electron chi connectivity index (χ2n) is 4.49. The molecule has 0 aliphatic rings. The van der Waals surface area contributed by atoms with Gasteiger partial charge in [-0.25, -0.2) is 0 Å². The maximum Gasteiger partial charge on any atom is 0.310 e. The van der Waals surface area contributed by atoms with Crippen LogP contribution in [0.25, 0.3) is 0 Å². The molecule has 0 aliphatic carbocycles. The Morgan fingerprint density at radius 3 is 2.43 bits per heavy atom. The van der Waals surface area contributed by atoms with Gasteiger partial charge in [0.15, 0.2) is 0 Å². The summed E-state index contributed by atoms with van der Waals surface area (Å²) >= 11 is 1.27. The molecule has 1 rings (SSSR count). The van der Waals surface area contributed by atoms with Crippen LogP contribution in [0.3, 0.4) is 0 Å². The molecule has 0 saturated heterocycles. The number of hydrogen-bond donors (Lipinski definition) is 0. The number of para-hydroxylation sites is 1. The van der Waals surface area contributed by atoms with Crippen molar-refractivity contribution in [1.82, 2.24) is 4.90 Å². The van der Waals surface area contributed by atoms with Crippen LogP contribution in [0, 0.1) is 0 Å². The molecule has 0 radical (unpaired) electrons. The quantitative estimate of drug-likeness (QED) is 0.545. The Kier molecular flexibility index (Phi) is 8.08. The highest BCUT2D eigenvalue weighted by Gasteiger charge is 2.15. The number of carbonyl (C=O) groups excluding carboxylic acids is 2. The Bertz CT molecular complexity index is 472. The van der Waals surface area contributed by atoms with Gasteiger partial charge in [-0.3, -0.25) is 9.59 Å². The first kappa shape index (κ1) is 17.7.